The maximum absolute atomic E-state index is 4.87. The van der Waals surface area contributed by atoms with Crippen molar-refractivity contribution in [3.63, 3.8) is 0 Å². The van der Waals surface area contributed by atoms with Gasteiger partial charge in [0.05, 0.1) is 5.69 Å². The Morgan fingerprint density at radius 1 is 1.06 bits per heavy atom. The van der Waals surface area contributed by atoms with E-state index in [4.69, 9.17) is 4.98 Å². The van der Waals surface area contributed by atoms with Crippen LogP contribution in [0.25, 0.3) is 0 Å². The topological polar surface area (TPSA) is 17.8 Å². The lowest BCUT2D eigenvalue weighted by Gasteiger charge is -2.10. The van der Waals surface area contributed by atoms with Crippen LogP contribution in [0.1, 0.15) is 63.2 Å². The Labute approximate surface area is 99.1 Å². The molecule has 1 aliphatic rings. The highest BCUT2D eigenvalue weighted by molar-refractivity contribution is 5.19. The van der Waals surface area contributed by atoms with Gasteiger partial charge in [0.2, 0.25) is 0 Å². The predicted octanol–water partition coefficient (Wildman–Crippen LogP) is 3.51. The van der Waals surface area contributed by atoms with Gasteiger partial charge in [-0.15, -0.1) is 0 Å². The Morgan fingerprint density at radius 2 is 1.88 bits per heavy atom. The first-order valence-electron chi connectivity index (χ1n) is 6.94. The van der Waals surface area contributed by atoms with Crippen molar-refractivity contribution in [1.82, 2.24) is 9.55 Å². The minimum absolute atomic E-state index is 1.16. The highest BCUT2D eigenvalue weighted by atomic mass is 15.1. The van der Waals surface area contributed by atoms with Gasteiger partial charge in [-0.3, -0.25) is 0 Å². The summed E-state index contributed by atoms with van der Waals surface area (Å²) < 4.78 is 2.52. The summed E-state index contributed by atoms with van der Waals surface area (Å²) in [6, 6.07) is 0. The standard InChI is InChI=1S/C14H24N2/c1-3-8-13-12-9-6-5-7-10-14(15-12)16(13)11-4-2/h3-11H2,1-2H3. The van der Waals surface area contributed by atoms with Crippen molar-refractivity contribution in [1.29, 1.82) is 0 Å². The maximum Gasteiger partial charge on any atom is 0.109 e. The molecular weight excluding hydrogens is 196 g/mol. The average molecular weight is 220 g/mol. The molecule has 0 unspecified atom stereocenters. The second kappa shape index (κ2) is 5.51. The van der Waals surface area contributed by atoms with Crippen LogP contribution in [-0.4, -0.2) is 9.55 Å². The van der Waals surface area contributed by atoms with E-state index in [0.717, 1.165) is 6.54 Å². The van der Waals surface area contributed by atoms with Crippen molar-refractivity contribution in [3.8, 4) is 0 Å². The van der Waals surface area contributed by atoms with E-state index in [1.807, 2.05) is 0 Å². The first-order chi connectivity index (χ1) is 7.86. The van der Waals surface area contributed by atoms with Gasteiger partial charge < -0.3 is 4.57 Å². The predicted molar refractivity (Wildman–Crippen MR) is 67.8 cm³/mol. The van der Waals surface area contributed by atoms with Crippen molar-refractivity contribution >= 4 is 0 Å². The van der Waals surface area contributed by atoms with E-state index in [0.29, 0.717) is 0 Å². The van der Waals surface area contributed by atoms with E-state index in [-0.39, 0.29) is 0 Å². The number of aromatic nitrogens is 2. The molecule has 0 aromatic carbocycles. The molecule has 2 bridgehead atoms. The molecule has 0 saturated carbocycles. The molecule has 2 rings (SSSR count). The minimum atomic E-state index is 1.16. The zero-order valence-corrected chi connectivity index (χ0v) is 10.8. The summed E-state index contributed by atoms with van der Waals surface area (Å²) in [5.41, 5.74) is 2.95. The Hall–Kier alpha value is -0.790. The molecule has 1 aliphatic heterocycles. The third-order valence-electron chi connectivity index (χ3n) is 3.48. The summed E-state index contributed by atoms with van der Waals surface area (Å²) in [7, 11) is 0. The first kappa shape index (κ1) is 11.7. The fourth-order valence-corrected chi connectivity index (χ4v) is 2.74. The second-order valence-electron chi connectivity index (χ2n) is 4.88. The minimum Gasteiger partial charge on any atom is -0.332 e. The van der Waals surface area contributed by atoms with E-state index >= 15 is 0 Å². The molecule has 2 heteroatoms. The van der Waals surface area contributed by atoms with E-state index in [1.165, 1.54) is 62.9 Å². The number of fused-ring (bicyclic) bond motifs is 2. The number of hydrogen-bond donors (Lipinski definition) is 0. The average Bonchev–Trinajstić information content (AvgIpc) is 2.57. The summed E-state index contributed by atoms with van der Waals surface area (Å²) in [5, 5.41) is 0. The molecule has 0 saturated heterocycles. The van der Waals surface area contributed by atoms with Crippen LogP contribution in [0.4, 0.5) is 0 Å². The molecule has 0 spiro atoms. The molecule has 2 heterocycles. The Bertz CT molecular complexity index is 308. The van der Waals surface area contributed by atoms with Crippen LogP contribution in [0.3, 0.4) is 0 Å². The third-order valence-corrected chi connectivity index (χ3v) is 3.48. The van der Waals surface area contributed by atoms with E-state index < -0.39 is 0 Å². The monoisotopic (exact) mass is 220 g/mol. The molecule has 1 aromatic heterocycles. The van der Waals surface area contributed by atoms with E-state index in [9.17, 15) is 0 Å². The van der Waals surface area contributed by atoms with Crippen molar-refractivity contribution in [2.75, 3.05) is 0 Å². The van der Waals surface area contributed by atoms with Gasteiger partial charge in [0.1, 0.15) is 5.82 Å². The van der Waals surface area contributed by atoms with Gasteiger partial charge in [-0.1, -0.05) is 26.7 Å². The molecule has 0 radical (unpaired) electrons. The third kappa shape index (κ3) is 2.31. The molecule has 2 nitrogen and oxygen atoms in total. The summed E-state index contributed by atoms with van der Waals surface area (Å²) in [6.07, 6.45) is 10.1. The SMILES string of the molecule is CCCc1c2nc(n1CCC)CCCCC2. The van der Waals surface area contributed by atoms with Crippen LogP contribution >= 0.6 is 0 Å². The van der Waals surface area contributed by atoms with Gasteiger partial charge >= 0.3 is 0 Å². The molecule has 16 heavy (non-hydrogen) atoms. The fraction of sp³-hybridized carbons (Fsp3) is 0.786. The molecule has 90 valence electrons. The van der Waals surface area contributed by atoms with Gasteiger partial charge in [-0.2, -0.15) is 0 Å². The molecule has 0 amide bonds. The lowest BCUT2D eigenvalue weighted by atomic mass is 10.1. The largest absolute Gasteiger partial charge is 0.332 e. The number of nitrogens with zero attached hydrogens (tertiary/aromatic N) is 2. The number of aryl methyl sites for hydroxylation is 2. The molecular formula is C14H24N2. The summed E-state index contributed by atoms with van der Waals surface area (Å²) in [6.45, 7) is 5.70. The normalized spacial score (nSPS) is 15.9. The zero-order chi connectivity index (χ0) is 11.4. The quantitative estimate of drug-likeness (QED) is 0.759. The fourth-order valence-electron chi connectivity index (χ4n) is 2.74. The van der Waals surface area contributed by atoms with E-state index in [1.54, 1.807) is 5.69 Å². The number of imidazole rings is 1. The van der Waals surface area contributed by atoms with Crippen LogP contribution in [0, 0.1) is 0 Å². The molecule has 0 aliphatic carbocycles. The summed E-state index contributed by atoms with van der Waals surface area (Å²) >= 11 is 0. The first-order valence-corrected chi connectivity index (χ1v) is 6.94. The maximum atomic E-state index is 4.87. The summed E-state index contributed by atoms with van der Waals surface area (Å²) in [4.78, 5) is 4.87. The number of rotatable bonds is 4. The van der Waals surface area contributed by atoms with Gasteiger partial charge in [-0.25, -0.2) is 4.98 Å². The molecule has 0 atom stereocenters. The zero-order valence-electron chi connectivity index (χ0n) is 10.8. The van der Waals surface area contributed by atoms with Crippen molar-refractivity contribution in [2.24, 2.45) is 0 Å². The number of hydrogen-bond acceptors (Lipinski definition) is 1. The van der Waals surface area contributed by atoms with Gasteiger partial charge in [0.15, 0.2) is 0 Å². The lowest BCUT2D eigenvalue weighted by molar-refractivity contribution is 0.587. The van der Waals surface area contributed by atoms with Crippen LogP contribution in [0.15, 0.2) is 0 Å². The van der Waals surface area contributed by atoms with Crippen LogP contribution in [0.2, 0.25) is 0 Å². The summed E-state index contributed by atoms with van der Waals surface area (Å²) in [5.74, 6) is 1.36. The lowest BCUT2D eigenvalue weighted by Crippen LogP contribution is -2.07. The molecule has 1 aromatic rings. The van der Waals surface area contributed by atoms with E-state index in [2.05, 4.69) is 18.4 Å². The smallest absolute Gasteiger partial charge is 0.109 e. The Morgan fingerprint density at radius 3 is 2.62 bits per heavy atom. The van der Waals surface area contributed by atoms with Gasteiger partial charge in [0, 0.05) is 18.7 Å². The van der Waals surface area contributed by atoms with Crippen LogP contribution in [0.5, 0.6) is 0 Å². The molecule has 0 N–H and O–H groups in total. The Balaban J connectivity index is 2.34. The Kier molecular flexibility index (Phi) is 4.03. The van der Waals surface area contributed by atoms with Gasteiger partial charge in [0.25, 0.3) is 0 Å². The van der Waals surface area contributed by atoms with Crippen LogP contribution < -0.4 is 0 Å². The van der Waals surface area contributed by atoms with Crippen molar-refractivity contribution in [2.45, 2.75) is 71.8 Å². The highest BCUT2D eigenvalue weighted by Crippen LogP contribution is 2.21. The van der Waals surface area contributed by atoms with Crippen molar-refractivity contribution < 1.29 is 0 Å². The highest BCUT2D eigenvalue weighted by Gasteiger charge is 2.17. The van der Waals surface area contributed by atoms with Crippen LogP contribution in [-0.2, 0) is 25.8 Å². The molecule has 0 fully saturated rings. The second-order valence-corrected chi connectivity index (χ2v) is 4.88. The van der Waals surface area contributed by atoms with Gasteiger partial charge in [-0.05, 0) is 32.1 Å². The van der Waals surface area contributed by atoms with Crippen molar-refractivity contribution in [3.05, 3.63) is 17.2 Å².